The average Bonchev–Trinajstić information content (AvgIpc) is 2.70. The van der Waals surface area contributed by atoms with Gasteiger partial charge in [0.1, 0.15) is 0 Å². The van der Waals surface area contributed by atoms with Crippen molar-refractivity contribution in [1.29, 1.82) is 0 Å². The maximum Gasteiger partial charge on any atom is 0.264 e. The number of hydrogen-bond acceptors (Lipinski definition) is 3. The van der Waals surface area contributed by atoms with Crippen molar-refractivity contribution in [2.45, 2.75) is 11.8 Å². The van der Waals surface area contributed by atoms with Crippen LogP contribution in [-0.4, -0.2) is 21.4 Å². The first kappa shape index (κ1) is 20.5. The van der Waals surface area contributed by atoms with Crippen molar-refractivity contribution in [3.8, 4) is 0 Å². The smallest absolute Gasteiger partial charge is 0.264 e. The standard InChI is InChI=1S/C21H18F2N2O3S/c1-14-6-3-4-9-20(14)25(2)29(27,28)17-8-5-7-15(12-17)21(26)24-16-10-11-18(22)19(23)13-16/h3-13H,1-2H3,(H,24,26). The number of carbonyl (C=O) groups is 1. The van der Waals surface area contributed by atoms with Crippen molar-refractivity contribution in [2.24, 2.45) is 0 Å². The van der Waals surface area contributed by atoms with Crippen molar-refractivity contribution >= 4 is 27.3 Å². The van der Waals surface area contributed by atoms with E-state index in [1.54, 1.807) is 25.1 Å². The van der Waals surface area contributed by atoms with Crippen LogP contribution in [0.4, 0.5) is 20.2 Å². The number of para-hydroxylation sites is 1. The molecular weight excluding hydrogens is 398 g/mol. The number of rotatable bonds is 5. The Morgan fingerprint density at radius 3 is 2.34 bits per heavy atom. The second kappa shape index (κ2) is 8.00. The summed E-state index contributed by atoms with van der Waals surface area (Å²) in [5, 5.41) is 2.42. The Kier molecular flexibility index (Phi) is 5.65. The third kappa shape index (κ3) is 4.27. The molecule has 0 aliphatic carbocycles. The minimum Gasteiger partial charge on any atom is -0.322 e. The van der Waals surface area contributed by atoms with Crippen LogP contribution in [0.5, 0.6) is 0 Å². The van der Waals surface area contributed by atoms with E-state index < -0.39 is 27.6 Å². The first-order valence-electron chi connectivity index (χ1n) is 8.61. The fourth-order valence-corrected chi connectivity index (χ4v) is 4.09. The second-order valence-electron chi connectivity index (χ2n) is 6.37. The molecule has 8 heteroatoms. The molecule has 0 unspecified atom stereocenters. The maximum absolute atomic E-state index is 13.3. The molecule has 0 saturated carbocycles. The van der Waals surface area contributed by atoms with Gasteiger partial charge in [0, 0.05) is 24.4 Å². The van der Waals surface area contributed by atoms with Crippen LogP contribution in [0.25, 0.3) is 0 Å². The van der Waals surface area contributed by atoms with E-state index in [1.807, 2.05) is 6.07 Å². The molecule has 150 valence electrons. The lowest BCUT2D eigenvalue weighted by Gasteiger charge is -2.21. The predicted octanol–water partition coefficient (Wildman–Crippen LogP) is 4.35. The summed E-state index contributed by atoms with van der Waals surface area (Å²) >= 11 is 0. The molecule has 1 amide bonds. The third-order valence-corrected chi connectivity index (χ3v) is 6.15. The van der Waals surface area contributed by atoms with Crippen molar-refractivity contribution in [3.05, 3.63) is 89.5 Å². The molecule has 1 N–H and O–H groups in total. The fraction of sp³-hybridized carbons (Fsp3) is 0.0952. The van der Waals surface area contributed by atoms with Gasteiger partial charge < -0.3 is 5.32 Å². The lowest BCUT2D eigenvalue weighted by atomic mass is 10.2. The van der Waals surface area contributed by atoms with Gasteiger partial charge in [0.2, 0.25) is 0 Å². The van der Waals surface area contributed by atoms with Crippen molar-refractivity contribution in [3.63, 3.8) is 0 Å². The SMILES string of the molecule is Cc1ccccc1N(C)S(=O)(=O)c1cccc(C(=O)Nc2ccc(F)c(F)c2)c1. The monoisotopic (exact) mass is 416 g/mol. The highest BCUT2D eigenvalue weighted by atomic mass is 32.2. The quantitative estimate of drug-likeness (QED) is 0.672. The van der Waals surface area contributed by atoms with Gasteiger partial charge in [-0.1, -0.05) is 24.3 Å². The Hall–Kier alpha value is -3.26. The van der Waals surface area contributed by atoms with Crippen molar-refractivity contribution < 1.29 is 22.0 Å². The van der Waals surface area contributed by atoms with Gasteiger partial charge in [-0.05, 0) is 48.9 Å². The molecule has 0 fully saturated rings. The Morgan fingerprint density at radius 2 is 1.66 bits per heavy atom. The first-order chi connectivity index (χ1) is 13.7. The molecule has 3 aromatic rings. The largest absolute Gasteiger partial charge is 0.322 e. The maximum atomic E-state index is 13.3. The zero-order valence-electron chi connectivity index (χ0n) is 15.7. The van der Waals surface area contributed by atoms with Crippen LogP contribution in [0, 0.1) is 18.6 Å². The molecule has 29 heavy (non-hydrogen) atoms. The topological polar surface area (TPSA) is 66.5 Å². The van der Waals surface area contributed by atoms with Crippen LogP contribution >= 0.6 is 0 Å². The number of hydrogen-bond donors (Lipinski definition) is 1. The number of benzene rings is 3. The third-order valence-electron chi connectivity index (χ3n) is 4.39. The van der Waals surface area contributed by atoms with E-state index >= 15 is 0 Å². The summed E-state index contributed by atoms with van der Waals surface area (Å²) in [6.07, 6.45) is 0. The Morgan fingerprint density at radius 1 is 0.931 bits per heavy atom. The highest BCUT2D eigenvalue weighted by molar-refractivity contribution is 7.92. The molecule has 0 bridgehead atoms. The zero-order chi connectivity index (χ0) is 21.2. The van der Waals surface area contributed by atoms with E-state index in [0.717, 1.165) is 22.0 Å². The van der Waals surface area contributed by atoms with Gasteiger partial charge in [-0.25, -0.2) is 17.2 Å². The molecule has 0 aromatic heterocycles. The van der Waals surface area contributed by atoms with Gasteiger partial charge in [0.15, 0.2) is 11.6 Å². The molecule has 0 heterocycles. The molecule has 0 aliphatic rings. The normalized spacial score (nSPS) is 11.2. The lowest BCUT2D eigenvalue weighted by Crippen LogP contribution is -2.27. The fourth-order valence-electron chi connectivity index (χ4n) is 2.78. The van der Waals surface area contributed by atoms with Gasteiger partial charge in [-0.3, -0.25) is 9.10 Å². The summed E-state index contributed by atoms with van der Waals surface area (Å²) < 4.78 is 53.5. The summed E-state index contributed by atoms with van der Waals surface area (Å²) in [6.45, 7) is 1.80. The van der Waals surface area contributed by atoms with Gasteiger partial charge in [-0.15, -0.1) is 0 Å². The van der Waals surface area contributed by atoms with Crippen LogP contribution in [0.3, 0.4) is 0 Å². The van der Waals surface area contributed by atoms with Gasteiger partial charge >= 0.3 is 0 Å². The minimum atomic E-state index is -3.91. The lowest BCUT2D eigenvalue weighted by molar-refractivity contribution is 0.102. The molecule has 0 radical (unpaired) electrons. The van der Waals surface area contributed by atoms with Crippen molar-refractivity contribution in [1.82, 2.24) is 0 Å². The highest BCUT2D eigenvalue weighted by Crippen LogP contribution is 2.25. The van der Waals surface area contributed by atoms with Crippen LogP contribution in [0.2, 0.25) is 0 Å². The number of halogens is 2. The Balaban J connectivity index is 1.89. The summed E-state index contributed by atoms with van der Waals surface area (Å²) in [5.41, 5.74) is 1.42. The number of sulfonamides is 1. The van der Waals surface area contributed by atoms with Crippen LogP contribution in [0.15, 0.2) is 71.6 Å². The zero-order valence-corrected chi connectivity index (χ0v) is 16.5. The molecule has 3 aromatic carbocycles. The summed E-state index contributed by atoms with van der Waals surface area (Å²) in [4.78, 5) is 12.4. The van der Waals surface area contributed by atoms with Crippen LogP contribution in [-0.2, 0) is 10.0 Å². The molecule has 0 aliphatic heterocycles. The van der Waals surface area contributed by atoms with Crippen LogP contribution in [0.1, 0.15) is 15.9 Å². The molecule has 3 rings (SSSR count). The van der Waals surface area contributed by atoms with E-state index in [0.29, 0.717) is 5.69 Å². The summed E-state index contributed by atoms with van der Waals surface area (Å²) in [6, 6.07) is 15.5. The number of carbonyl (C=O) groups excluding carboxylic acids is 1. The van der Waals surface area contributed by atoms with Gasteiger partial charge in [-0.2, -0.15) is 0 Å². The number of aryl methyl sites for hydroxylation is 1. The number of anilines is 2. The van der Waals surface area contributed by atoms with E-state index in [-0.39, 0.29) is 16.1 Å². The first-order valence-corrected chi connectivity index (χ1v) is 10.0. The van der Waals surface area contributed by atoms with Gasteiger partial charge in [0.05, 0.1) is 10.6 Å². The Bertz CT molecular complexity index is 1180. The average molecular weight is 416 g/mol. The number of amides is 1. The number of nitrogens with zero attached hydrogens (tertiary/aromatic N) is 1. The van der Waals surface area contributed by atoms with Gasteiger partial charge in [0.25, 0.3) is 15.9 Å². The van der Waals surface area contributed by atoms with E-state index in [2.05, 4.69) is 5.32 Å². The minimum absolute atomic E-state index is 0.0548. The van der Waals surface area contributed by atoms with E-state index in [4.69, 9.17) is 0 Å². The van der Waals surface area contributed by atoms with Crippen LogP contribution < -0.4 is 9.62 Å². The summed E-state index contributed by atoms with van der Waals surface area (Å²) in [7, 11) is -2.48. The molecule has 0 atom stereocenters. The molecular formula is C21H18F2N2O3S. The van der Waals surface area contributed by atoms with E-state index in [1.165, 1.54) is 37.4 Å². The predicted molar refractivity (Wildman–Crippen MR) is 108 cm³/mol. The molecule has 0 spiro atoms. The number of nitrogens with one attached hydrogen (secondary N) is 1. The summed E-state index contributed by atoms with van der Waals surface area (Å²) in [5.74, 6) is -2.78. The highest BCUT2D eigenvalue weighted by Gasteiger charge is 2.23. The molecule has 0 saturated heterocycles. The Labute approximate surface area is 167 Å². The van der Waals surface area contributed by atoms with Crippen molar-refractivity contribution in [2.75, 3.05) is 16.7 Å². The molecule has 5 nitrogen and oxygen atoms in total. The van der Waals surface area contributed by atoms with E-state index in [9.17, 15) is 22.0 Å². The second-order valence-corrected chi connectivity index (χ2v) is 8.34.